The van der Waals surface area contributed by atoms with Crippen LogP contribution in [0.15, 0.2) is 30.3 Å². The quantitative estimate of drug-likeness (QED) is 0.871. The second-order valence-corrected chi connectivity index (χ2v) is 7.38. The number of aromatic hydroxyl groups is 1. The second kappa shape index (κ2) is 5.85. The highest BCUT2D eigenvalue weighted by Gasteiger charge is 2.37. The monoisotopic (exact) mass is 342 g/mol. The topological polar surface area (TPSA) is 47.9 Å². The number of fused-ring (bicyclic) bond motifs is 2. The molecule has 2 aliphatic heterocycles. The summed E-state index contributed by atoms with van der Waals surface area (Å²) in [5.41, 5.74) is 3.75. The average molecular weight is 342 g/mol. The van der Waals surface area contributed by atoms with Crippen LogP contribution in [0.1, 0.15) is 22.7 Å². The summed E-state index contributed by atoms with van der Waals surface area (Å²) in [5.74, 6) is 2.38. The molecule has 2 aromatic rings. The Balaban J connectivity index is 1.72. The number of methoxy groups -OCH3 is 1. The minimum Gasteiger partial charge on any atom is -0.504 e. The van der Waals surface area contributed by atoms with E-state index in [2.05, 4.69) is 26.2 Å². The van der Waals surface area contributed by atoms with Crippen LogP contribution in [-0.4, -0.2) is 44.1 Å². The number of rotatable bonds is 3. The van der Waals surface area contributed by atoms with Crippen LogP contribution in [0.3, 0.4) is 0 Å². The lowest BCUT2D eigenvalue weighted by Gasteiger charge is -2.43. The van der Waals surface area contributed by atoms with Crippen molar-refractivity contribution >= 4 is 0 Å². The van der Waals surface area contributed by atoms with Gasteiger partial charge in [-0.1, -0.05) is 6.07 Å². The van der Waals surface area contributed by atoms with Crippen molar-refractivity contribution in [3.8, 4) is 23.0 Å². The van der Waals surface area contributed by atoms with Crippen molar-refractivity contribution in [1.82, 2.24) is 0 Å². The SMILES string of the molecule is COc1ccc(CC2c3cc4c(cc3CC[N+]2(C)C)OCO4)cc1O. The van der Waals surface area contributed by atoms with E-state index in [0.29, 0.717) is 18.6 Å². The van der Waals surface area contributed by atoms with Crippen LogP contribution in [0.25, 0.3) is 0 Å². The molecule has 0 fully saturated rings. The number of hydrogen-bond donors (Lipinski definition) is 1. The van der Waals surface area contributed by atoms with E-state index in [1.165, 1.54) is 11.1 Å². The zero-order chi connectivity index (χ0) is 17.6. The largest absolute Gasteiger partial charge is 0.504 e. The molecule has 5 nitrogen and oxygen atoms in total. The summed E-state index contributed by atoms with van der Waals surface area (Å²) in [5, 5.41) is 10.1. The number of hydrogen-bond acceptors (Lipinski definition) is 4. The van der Waals surface area contributed by atoms with Gasteiger partial charge in [-0.3, -0.25) is 0 Å². The molecular formula is C20H24NO4+. The van der Waals surface area contributed by atoms with Gasteiger partial charge in [0.1, 0.15) is 6.04 Å². The zero-order valence-electron chi connectivity index (χ0n) is 14.9. The standard InChI is InChI=1S/C20H23NO4/c1-21(2)7-6-14-10-19-20(25-12-24-19)11-15(14)16(21)8-13-4-5-18(23-3)17(22)9-13/h4-5,9-11,16H,6-8,12H2,1-3H3/p+1. The lowest BCUT2D eigenvalue weighted by Crippen LogP contribution is -2.48. The summed E-state index contributed by atoms with van der Waals surface area (Å²) in [4.78, 5) is 0. The van der Waals surface area contributed by atoms with Crippen LogP contribution >= 0.6 is 0 Å². The summed E-state index contributed by atoms with van der Waals surface area (Å²) in [6.45, 7) is 1.37. The van der Waals surface area contributed by atoms with Gasteiger partial charge >= 0.3 is 0 Å². The lowest BCUT2D eigenvalue weighted by atomic mass is 9.87. The molecule has 4 rings (SSSR count). The summed E-state index contributed by atoms with van der Waals surface area (Å²) in [7, 11) is 6.10. The number of likely N-dealkylation sites (N-methyl/N-ethyl adjacent to an activating group) is 1. The fourth-order valence-corrected chi connectivity index (χ4v) is 3.91. The highest BCUT2D eigenvalue weighted by atomic mass is 16.7. The predicted molar refractivity (Wildman–Crippen MR) is 94.3 cm³/mol. The number of benzene rings is 2. The number of phenolic OH excluding ortho intramolecular Hbond substituents is 1. The Kier molecular flexibility index (Phi) is 3.76. The highest BCUT2D eigenvalue weighted by molar-refractivity contribution is 5.50. The van der Waals surface area contributed by atoms with E-state index in [4.69, 9.17) is 14.2 Å². The molecule has 0 bridgehead atoms. The van der Waals surface area contributed by atoms with E-state index in [1.807, 2.05) is 12.1 Å². The first-order chi connectivity index (χ1) is 12.0. The van der Waals surface area contributed by atoms with E-state index < -0.39 is 0 Å². The van der Waals surface area contributed by atoms with E-state index in [-0.39, 0.29) is 5.75 Å². The average Bonchev–Trinajstić information content (AvgIpc) is 3.03. The summed E-state index contributed by atoms with van der Waals surface area (Å²) >= 11 is 0. The van der Waals surface area contributed by atoms with Crippen molar-refractivity contribution in [2.45, 2.75) is 18.9 Å². The van der Waals surface area contributed by atoms with Crippen LogP contribution in [-0.2, 0) is 12.8 Å². The Morgan fingerprint density at radius 1 is 1.16 bits per heavy atom. The third kappa shape index (κ3) is 2.78. The molecule has 132 valence electrons. The highest BCUT2D eigenvalue weighted by Crippen LogP contribution is 2.43. The molecule has 1 atom stereocenters. The fraction of sp³-hybridized carbons (Fsp3) is 0.400. The molecular weight excluding hydrogens is 318 g/mol. The third-order valence-electron chi connectivity index (χ3n) is 5.47. The Morgan fingerprint density at radius 3 is 2.64 bits per heavy atom. The van der Waals surface area contributed by atoms with Crippen molar-refractivity contribution in [2.24, 2.45) is 0 Å². The van der Waals surface area contributed by atoms with E-state index in [0.717, 1.165) is 40.9 Å². The Hall–Kier alpha value is -2.40. The molecule has 5 heteroatoms. The van der Waals surface area contributed by atoms with E-state index in [9.17, 15) is 5.11 Å². The summed E-state index contributed by atoms with van der Waals surface area (Å²) < 4.78 is 17.2. The van der Waals surface area contributed by atoms with Crippen LogP contribution in [0.2, 0.25) is 0 Å². The fourth-order valence-electron chi connectivity index (χ4n) is 3.91. The van der Waals surface area contributed by atoms with Crippen molar-refractivity contribution in [3.05, 3.63) is 47.0 Å². The van der Waals surface area contributed by atoms with Gasteiger partial charge in [0.15, 0.2) is 23.0 Å². The third-order valence-corrected chi connectivity index (χ3v) is 5.47. The lowest BCUT2D eigenvalue weighted by molar-refractivity contribution is -0.923. The first-order valence-electron chi connectivity index (χ1n) is 8.59. The molecule has 0 saturated carbocycles. The normalized spacial score (nSPS) is 20.2. The zero-order valence-corrected chi connectivity index (χ0v) is 14.9. The Morgan fingerprint density at radius 2 is 1.92 bits per heavy atom. The number of phenols is 1. The van der Waals surface area contributed by atoms with E-state index in [1.54, 1.807) is 13.2 Å². The van der Waals surface area contributed by atoms with Gasteiger partial charge < -0.3 is 23.8 Å². The molecule has 0 aromatic heterocycles. The van der Waals surface area contributed by atoms with Gasteiger partial charge in [0, 0.05) is 18.4 Å². The molecule has 0 amide bonds. The molecule has 0 aliphatic carbocycles. The Labute approximate surface area is 148 Å². The second-order valence-electron chi connectivity index (χ2n) is 7.38. The molecule has 0 saturated heterocycles. The van der Waals surface area contributed by atoms with Gasteiger partial charge in [0.05, 0.1) is 27.7 Å². The van der Waals surface area contributed by atoms with Gasteiger partial charge in [0.25, 0.3) is 0 Å². The van der Waals surface area contributed by atoms with Crippen LogP contribution in [0.4, 0.5) is 0 Å². The van der Waals surface area contributed by atoms with Crippen molar-refractivity contribution in [3.63, 3.8) is 0 Å². The molecule has 1 N–H and O–H groups in total. The van der Waals surface area contributed by atoms with Gasteiger partial charge in [-0.25, -0.2) is 0 Å². The minimum atomic E-state index is 0.187. The summed E-state index contributed by atoms with van der Waals surface area (Å²) in [6, 6.07) is 10.2. The predicted octanol–water partition coefficient (Wildman–Crippen LogP) is 3.05. The van der Waals surface area contributed by atoms with E-state index >= 15 is 0 Å². The van der Waals surface area contributed by atoms with Crippen LogP contribution < -0.4 is 14.2 Å². The number of nitrogens with zero attached hydrogens (tertiary/aromatic N) is 1. The molecule has 0 spiro atoms. The first kappa shape index (κ1) is 16.1. The molecule has 0 radical (unpaired) electrons. The molecule has 25 heavy (non-hydrogen) atoms. The van der Waals surface area contributed by atoms with Crippen molar-refractivity contribution < 1.29 is 23.8 Å². The van der Waals surface area contributed by atoms with Crippen LogP contribution in [0.5, 0.6) is 23.0 Å². The maximum Gasteiger partial charge on any atom is 0.231 e. The number of ether oxygens (including phenoxy) is 3. The van der Waals surface area contributed by atoms with Crippen molar-refractivity contribution in [1.29, 1.82) is 0 Å². The Bertz CT molecular complexity index is 816. The smallest absolute Gasteiger partial charge is 0.231 e. The maximum absolute atomic E-state index is 10.1. The molecule has 2 heterocycles. The van der Waals surface area contributed by atoms with Crippen LogP contribution in [0, 0.1) is 0 Å². The first-order valence-corrected chi connectivity index (χ1v) is 8.59. The van der Waals surface area contributed by atoms with Crippen molar-refractivity contribution in [2.75, 3.05) is 34.5 Å². The van der Waals surface area contributed by atoms with Gasteiger partial charge in [-0.15, -0.1) is 0 Å². The summed E-state index contributed by atoms with van der Waals surface area (Å²) in [6.07, 6.45) is 1.88. The molecule has 2 aliphatic rings. The molecule has 1 unspecified atom stereocenters. The minimum absolute atomic E-state index is 0.187. The van der Waals surface area contributed by atoms with Gasteiger partial charge in [0.2, 0.25) is 6.79 Å². The molecule has 2 aromatic carbocycles. The number of quaternary nitrogens is 1. The van der Waals surface area contributed by atoms with Gasteiger partial charge in [-0.05, 0) is 35.4 Å². The van der Waals surface area contributed by atoms with Gasteiger partial charge in [-0.2, -0.15) is 0 Å². The maximum atomic E-state index is 10.1.